The van der Waals surface area contributed by atoms with Crippen molar-refractivity contribution in [3.05, 3.63) is 0 Å². The summed E-state index contributed by atoms with van der Waals surface area (Å²) in [6.07, 6.45) is -6.83. The third kappa shape index (κ3) is 4.92. The molecule has 5 atom stereocenters. The summed E-state index contributed by atoms with van der Waals surface area (Å²) in [6, 6.07) is 0. The van der Waals surface area contributed by atoms with Crippen molar-refractivity contribution in [1.29, 1.82) is 0 Å². The van der Waals surface area contributed by atoms with Crippen molar-refractivity contribution < 1.29 is 42.5 Å². The summed E-state index contributed by atoms with van der Waals surface area (Å²) >= 11 is 0. The molecule has 0 aromatic rings. The largest absolute Gasteiger partial charge is 0.463 e. The third-order valence-electron chi connectivity index (χ3n) is 2.88. The first-order valence-electron chi connectivity index (χ1n) is 6.56. The van der Waals surface area contributed by atoms with E-state index in [-0.39, 0.29) is 6.61 Å². The van der Waals surface area contributed by atoms with Gasteiger partial charge < -0.3 is 23.7 Å². The van der Waals surface area contributed by atoms with E-state index < -0.39 is 48.7 Å². The second-order valence-electron chi connectivity index (χ2n) is 4.67. The zero-order valence-corrected chi connectivity index (χ0v) is 12.7. The van der Waals surface area contributed by atoms with Crippen LogP contribution in [0.5, 0.6) is 0 Å². The molecule has 8 nitrogen and oxygen atoms in total. The molecule has 1 saturated heterocycles. The quantitative estimate of drug-likeness (QED) is 0.520. The maximum absolute atomic E-state index is 14.3. The molecule has 0 spiro atoms. The molecule has 2 unspecified atom stereocenters. The van der Waals surface area contributed by atoms with Gasteiger partial charge in [0.15, 0.2) is 12.3 Å². The highest BCUT2D eigenvalue weighted by Crippen LogP contribution is 2.29. The van der Waals surface area contributed by atoms with E-state index in [2.05, 4.69) is 0 Å². The fourth-order valence-corrected chi connectivity index (χ4v) is 2.06. The number of ether oxygens (including phenoxy) is 5. The van der Waals surface area contributed by atoms with Crippen LogP contribution in [0.25, 0.3) is 0 Å². The van der Waals surface area contributed by atoms with Gasteiger partial charge in [-0.1, -0.05) is 0 Å². The van der Waals surface area contributed by atoms with Gasteiger partial charge in [-0.2, -0.15) is 0 Å². The van der Waals surface area contributed by atoms with Crippen LogP contribution in [0.15, 0.2) is 0 Å². The first-order valence-corrected chi connectivity index (χ1v) is 6.56. The van der Waals surface area contributed by atoms with Gasteiger partial charge >= 0.3 is 17.9 Å². The Hall–Kier alpha value is -1.74. The predicted octanol–water partition coefficient (Wildman–Crippen LogP) is 0.122. The van der Waals surface area contributed by atoms with Crippen molar-refractivity contribution in [2.45, 2.75) is 51.5 Å². The molecule has 22 heavy (non-hydrogen) atoms. The molecule has 0 aromatic carbocycles. The van der Waals surface area contributed by atoms with E-state index in [0.717, 1.165) is 13.8 Å². The highest BCUT2D eigenvalue weighted by atomic mass is 19.1. The fraction of sp³-hybridized carbons (Fsp3) is 0.769. The maximum Gasteiger partial charge on any atom is 0.305 e. The average Bonchev–Trinajstić information content (AvgIpc) is 2.39. The number of hydrogen-bond donors (Lipinski definition) is 0. The van der Waals surface area contributed by atoms with Gasteiger partial charge in [0, 0.05) is 27.9 Å². The van der Waals surface area contributed by atoms with Crippen molar-refractivity contribution in [3.63, 3.8) is 0 Å². The molecule has 1 fully saturated rings. The molecule has 0 N–H and O–H groups in total. The van der Waals surface area contributed by atoms with Crippen LogP contribution in [0, 0.1) is 0 Å². The number of rotatable bonds is 5. The molecule has 1 aliphatic heterocycles. The lowest BCUT2D eigenvalue weighted by Crippen LogP contribution is -2.60. The van der Waals surface area contributed by atoms with Crippen LogP contribution in [0.2, 0.25) is 0 Å². The van der Waals surface area contributed by atoms with E-state index in [1.54, 1.807) is 0 Å². The average molecular weight is 322 g/mol. The van der Waals surface area contributed by atoms with Gasteiger partial charge in [-0.05, 0) is 0 Å². The van der Waals surface area contributed by atoms with Crippen molar-refractivity contribution in [1.82, 2.24) is 0 Å². The van der Waals surface area contributed by atoms with Gasteiger partial charge in [0.2, 0.25) is 6.29 Å². The molecular weight excluding hydrogens is 303 g/mol. The molecule has 1 aliphatic rings. The number of carbonyl (C=O) groups is 3. The molecular formula is C13H19FO8. The van der Waals surface area contributed by atoms with Crippen molar-refractivity contribution in [2.24, 2.45) is 0 Å². The Bertz CT molecular complexity index is 426. The monoisotopic (exact) mass is 322 g/mol. The summed E-state index contributed by atoms with van der Waals surface area (Å²) in [6.45, 7) is 3.11. The minimum absolute atomic E-state index is 0.308. The summed E-state index contributed by atoms with van der Waals surface area (Å²) in [7, 11) is 1.22. The number of carbonyl (C=O) groups excluding carboxylic acids is 3. The van der Waals surface area contributed by atoms with Crippen molar-refractivity contribution in [2.75, 3.05) is 13.7 Å². The number of alkyl halides is 1. The summed E-state index contributed by atoms with van der Waals surface area (Å²) < 4.78 is 39.1. The van der Waals surface area contributed by atoms with Crippen LogP contribution in [0.1, 0.15) is 20.8 Å². The minimum Gasteiger partial charge on any atom is -0.463 e. The Kier molecular flexibility index (Phi) is 6.69. The van der Waals surface area contributed by atoms with Crippen LogP contribution in [-0.2, 0) is 38.1 Å². The Morgan fingerprint density at radius 3 is 2.05 bits per heavy atom. The Morgan fingerprint density at radius 2 is 1.59 bits per heavy atom. The van der Waals surface area contributed by atoms with Crippen LogP contribution in [-0.4, -0.2) is 62.4 Å². The van der Waals surface area contributed by atoms with Crippen LogP contribution >= 0.6 is 0 Å². The lowest BCUT2D eigenvalue weighted by atomic mass is 9.99. The third-order valence-corrected chi connectivity index (χ3v) is 2.88. The zero-order chi connectivity index (χ0) is 16.9. The number of esters is 3. The van der Waals surface area contributed by atoms with E-state index >= 15 is 0 Å². The van der Waals surface area contributed by atoms with Crippen molar-refractivity contribution >= 4 is 17.9 Å². The Morgan fingerprint density at radius 1 is 1.00 bits per heavy atom. The molecule has 0 aliphatic carbocycles. The summed E-state index contributed by atoms with van der Waals surface area (Å²) in [5.74, 6) is -2.02. The molecule has 126 valence electrons. The van der Waals surface area contributed by atoms with E-state index in [1.807, 2.05) is 0 Å². The highest BCUT2D eigenvalue weighted by Gasteiger charge is 2.50. The summed E-state index contributed by atoms with van der Waals surface area (Å²) in [4.78, 5) is 33.1. The number of methoxy groups -OCH3 is 1. The van der Waals surface area contributed by atoms with E-state index in [1.165, 1.54) is 14.0 Å². The molecule has 0 aromatic heterocycles. The van der Waals surface area contributed by atoms with Crippen molar-refractivity contribution in [3.8, 4) is 0 Å². The molecule has 0 saturated carbocycles. The van der Waals surface area contributed by atoms with Crippen LogP contribution in [0.4, 0.5) is 4.39 Å². The second kappa shape index (κ2) is 8.04. The molecule has 0 radical (unpaired) electrons. The standard InChI is InChI=1S/C13H19FO8/c1-6(15)19-5-9-11(20-7(2)16)12(18-4)10(14)13(22-9)21-8(3)17/h9-13H,5H2,1-4H3/t9?,10-,11-,12-,13?/m1/s1. The first-order chi connectivity index (χ1) is 10.3. The van der Waals surface area contributed by atoms with Gasteiger partial charge in [0.05, 0.1) is 0 Å². The molecule has 0 amide bonds. The lowest BCUT2D eigenvalue weighted by molar-refractivity contribution is -0.285. The molecule has 1 heterocycles. The zero-order valence-electron chi connectivity index (χ0n) is 12.7. The SMILES string of the molecule is CO[C@H]1[C@H](OC(C)=O)C(COC(C)=O)OC(OC(C)=O)[C@@H]1F. The minimum atomic E-state index is -1.87. The Labute approximate surface area is 126 Å². The van der Waals surface area contributed by atoms with Crippen LogP contribution in [0.3, 0.4) is 0 Å². The Balaban J connectivity index is 2.95. The van der Waals surface area contributed by atoms with Crippen LogP contribution < -0.4 is 0 Å². The maximum atomic E-state index is 14.3. The van der Waals surface area contributed by atoms with Gasteiger partial charge in [0.25, 0.3) is 0 Å². The fourth-order valence-electron chi connectivity index (χ4n) is 2.06. The van der Waals surface area contributed by atoms with E-state index in [0.29, 0.717) is 0 Å². The molecule has 0 bridgehead atoms. The van der Waals surface area contributed by atoms with E-state index in [4.69, 9.17) is 23.7 Å². The van der Waals surface area contributed by atoms with Gasteiger partial charge in [-0.3, -0.25) is 14.4 Å². The molecule has 9 heteroatoms. The van der Waals surface area contributed by atoms with Gasteiger partial charge in [-0.15, -0.1) is 0 Å². The smallest absolute Gasteiger partial charge is 0.305 e. The van der Waals surface area contributed by atoms with Gasteiger partial charge in [0.1, 0.15) is 18.8 Å². The number of halogens is 1. The topological polar surface area (TPSA) is 97.4 Å². The van der Waals surface area contributed by atoms with E-state index in [9.17, 15) is 18.8 Å². The number of hydrogen-bond acceptors (Lipinski definition) is 8. The normalized spacial score (nSPS) is 31.2. The molecule has 1 rings (SSSR count). The summed E-state index contributed by atoms with van der Waals surface area (Å²) in [5.41, 5.74) is 0. The van der Waals surface area contributed by atoms with Gasteiger partial charge in [-0.25, -0.2) is 4.39 Å². The first kappa shape index (κ1) is 18.3. The highest BCUT2D eigenvalue weighted by molar-refractivity contribution is 5.67. The predicted molar refractivity (Wildman–Crippen MR) is 68.3 cm³/mol. The summed E-state index contributed by atoms with van der Waals surface area (Å²) in [5, 5.41) is 0. The second-order valence-corrected chi connectivity index (χ2v) is 4.67. The lowest BCUT2D eigenvalue weighted by Gasteiger charge is -2.41.